The summed E-state index contributed by atoms with van der Waals surface area (Å²) in [5, 5.41) is 9.45. The van der Waals surface area contributed by atoms with Crippen LogP contribution in [-0.2, 0) is 0 Å². The summed E-state index contributed by atoms with van der Waals surface area (Å²) in [6.07, 6.45) is 0. The van der Waals surface area contributed by atoms with Crippen molar-refractivity contribution in [3.8, 4) is 17.1 Å². The van der Waals surface area contributed by atoms with Crippen LogP contribution < -0.4 is 0 Å². The Kier molecular flexibility index (Phi) is 2.88. The van der Waals surface area contributed by atoms with Crippen LogP contribution in [0.5, 0.6) is 5.75 Å². The Labute approximate surface area is 147 Å². The van der Waals surface area contributed by atoms with Gasteiger partial charge < -0.3 is 10.1 Å². The van der Waals surface area contributed by atoms with Crippen molar-refractivity contribution in [2.45, 2.75) is 0 Å². The van der Waals surface area contributed by atoms with E-state index in [4.69, 9.17) is 0 Å². The molecule has 0 aliphatic heterocycles. The third-order valence-corrected chi connectivity index (χ3v) is 4.68. The third-order valence-electron chi connectivity index (χ3n) is 4.68. The molecular weight excluding hydrogens is 328 g/mol. The average Bonchev–Trinajstić information content (AvgIpc) is 3.10. The van der Waals surface area contributed by atoms with Crippen molar-refractivity contribution >= 4 is 22.6 Å². The highest BCUT2D eigenvalue weighted by atomic mass is 16.3. The molecular formula is C21H12N2O3. The number of fused-ring (bicyclic) bond motifs is 4. The Bertz CT molecular complexity index is 1220. The van der Waals surface area contributed by atoms with Crippen LogP contribution in [0, 0.1) is 0 Å². The Morgan fingerprint density at radius 1 is 0.769 bits per heavy atom. The summed E-state index contributed by atoms with van der Waals surface area (Å²) in [6.45, 7) is 0. The van der Waals surface area contributed by atoms with Gasteiger partial charge in [-0.3, -0.25) is 9.59 Å². The molecule has 3 aromatic carbocycles. The van der Waals surface area contributed by atoms with Crippen LogP contribution in [0.2, 0.25) is 0 Å². The summed E-state index contributed by atoms with van der Waals surface area (Å²) >= 11 is 0. The van der Waals surface area contributed by atoms with Gasteiger partial charge in [-0.25, -0.2) is 4.98 Å². The minimum absolute atomic E-state index is 0.161. The number of phenolic OH excluding ortho intramolecular Hbond substituents is 1. The summed E-state index contributed by atoms with van der Waals surface area (Å²) in [7, 11) is 0. The molecule has 5 heteroatoms. The second-order valence-corrected chi connectivity index (χ2v) is 6.22. The largest absolute Gasteiger partial charge is 0.508 e. The van der Waals surface area contributed by atoms with Gasteiger partial charge in [0.1, 0.15) is 17.1 Å². The molecule has 1 aliphatic rings. The molecule has 1 aliphatic carbocycles. The number of rotatable bonds is 1. The van der Waals surface area contributed by atoms with Crippen LogP contribution in [0.4, 0.5) is 0 Å². The van der Waals surface area contributed by atoms with Gasteiger partial charge in [-0.15, -0.1) is 0 Å². The fraction of sp³-hybridized carbons (Fsp3) is 0. The van der Waals surface area contributed by atoms with Crippen LogP contribution in [0.3, 0.4) is 0 Å². The number of carbonyl (C=O) groups is 2. The number of H-pyrrole nitrogens is 1. The molecule has 1 heterocycles. The van der Waals surface area contributed by atoms with Crippen molar-refractivity contribution in [1.82, 2.24) is 9.97 Å². The minimum atomic E-state index is -0.190. The molecule has 26 heavy (non-hydrogen) atoms. The van der Waals surface area contributed by atoms with Gasteiger partial charge in [0.05, 0.1) is 11.1 Å². The maximum Gasteiger partial charge on any atom is 0.196 e. The lowest BCUT2D eigenvalue weighted by Crippen LogP contribution is -2.21. The van der Waals surface area contributed by atoms with E-state index in [1.54, 1.807) is 60.7 Å². The maximum atomic E-state index is 13.0. The number of ketones is 2. The lowest BCUT2D eigenvalue weighted by Gasteiger charge is -2.17. The molecule has 0 amide bonds. The van der Waals surface area contributed by atoms with Gasteiger partial charge in [0.15, 0.2) is 11.6 Å². The first kappa shape index (κ1) is 14.6. The number of carbonyl (C=O) groups excluding carboxylic acids is 2. The number of phenols is 1. The number of hydrogen-bond donors (Lipinski definition) is 2. The molecule has 1 aromatic heterocycles. The summed E-state index contributed by atoms with van der Waals surface area (Å²) in [4.78, 5) is 33.6. The normalized spacial score (nSPS) is 12.9. The number of nitrogens with one attached hydrogen (secondary N) is 1. The number of nitrogens with zero attached hydrogens (tertiary/aromatic N) is 1. The van der Waals surface area contributed by atoms with Gasteiger partial charge in [-0.1, -0.05) is 24.3 Å². The predicted molar refractivity (Wildman–Crippen MR) is 96.5 cm³/mol. The molecule has 0 spiro atoms. The van der Waals surface area contributed by atoms with E-state index in [0.29, 0.717) is 39.1 Å². The summed E-state index contributed by atoms with van der Waals surface area (Å²) in [6, 6.07) is 16.9. The van der Waals surface area contributed by atoms with Crippen LogP contribution in [0.25, 0.3) is 22.4 Å². The number of benzene rings is 3. The Balaban J connectivity index is 1.76. The zero-order chi connectivity index (χ0) is 17.8. The standard InChI is InChI=1S/C21H12N2O3/c24-12-7-5-11(6-8-12)21-22-16-10-9-15-17(18(16)23-21)20(26)14-4-2-1-3-13(14)19(15)25/h1-10,24H,(H,22,23). The van der Waals surface area contributed by atoms with E-state index in [1.165, 1.54) is 0 Å². The fourth-order valence-electron chi connectivity index (χ4n) is 3.41. The molecule has 0 saturated carbocycles. The highest BCUT2D eigenvalue weighted by Crippen LogP contribution is 2.33. The number of hydrogen-bond acceptors (Lipinski definition) is 4. The first-order valence-corrected chi connectivity index (χ1v) is 8.14. The molecule has 0 atom stereocenters. The van der Waals surface area contributed by atoms with Crippen LogP contribution >= 0.6 is 0 Å². The first-order valence-electron chi connectivity index (χ1n) is 8.14. The minimum Gasteiger partial charge on any atom is -0.508 e. The second kappa shape index (κ2) is 5.13. The van der Waals surface area contributed by atoms with Crippen molar-refractivity contribution in [2.75, 3.05) is 0 Å². The number of aromatic hydroxyl groups is 1. The van der Waals surface area contributed by atoms with E-state index in [-0.39, 0.29) is 17.3 Å². The third kappa shape index (κ3) is 1.94. The summed E-state index contributed by atoms with van der Waals surface area (Å²) < 4.78 is 0. The van der Waals surface area contributed by atoms with Crippen molar-refractivity contribution < 1.29 is 14.7 Å². The van der Waals surface area contributed by atoms with E-state index >= 15 is 0 Å². The van der Waals surface area contributed by atoms with Gasteiger partial charge in [0.2, 0.25) is 0 Å². The molecule has 4 aromatic rings. The summed E-state index contributed by atoms with van der Waals surface area (Å²) in [5.74, 6) is 0.392. The van der Waals surface area contributed by atoms with Crippen molar-refractivity contribution in [3.05, 3.63) is 82.9 Å². The maximum absolute atomic E-state index is 13.0. The van der Waals surface area contributed by atoms with Crippen molar-refractivity contribution in [1.29, 1.82) is 0 Å². The van der Waals surface area contributed by atoms with E-state index in [1.807, 2.05) is 0 Å². The molecule has 0 fully saturated rings. The molecule has 124 valence electrons. The smallest absolute Gasteiger partial charge is 0.196 e. The van der Waals surface area contributed by atoms with Gasteiger partial charge >= 0.3 is 0 Å². The van der Waals surface area contributed by atoms with Gasteiger partial charge in [-0.05, 0) is 36.4 Å². The molecule has 0 unspecified atom stereocenters. The van der Waals surface area contributed by atoms with Crippen molar-refractivity contribution in [3.63, 3.8) is 0 Å². The Morgan fingerprint density at radius 2 is 1.46 bits per heavy atom. The van der Waals surface area contributed by atoms with E-state index in [2.05, 4.69) is 9.97 Å². The van der Waals surface area contributed by atoms with Gasteiger partial charge in [0.25, 0.3) is 0 Å². The fourth-order valence-corrected chi connectivity index (χ4v) is 3.41. The lowest BCUT2D eigenvalue weighted by molar-refractivity contribution is 0.0980. The highest BCUT2D eigenvalue weighted by molar-refractivity contribution is 6.31. The zero-order valence-corrected chi connectivity index (χ0v) is 13.5. The second-order valence-electron chi connectivity index (χ2n) is 6.22. The highest BCUT2D eigenvalue weighted by Gasteiger charge is 2.32. The van der Waals surface area contributed by atoms with E-state index in [9.17, 15) is 14.7 Å². The molecule has 5 rings (SSSR count). The molecule has 0 radical (unpaired) electrons. The van der Waals surface area contributed by atoms with Gasteiger partial charge in [0, 0.05) is 22.3 Å². The van der Waals surface area contributed by atoms with Crippen LogP contribution in [0.1, 0.15) is 31.8 Å². The number of imidazole rings is 1. The average molecular weight is 340 g/mol. The molecule has 2 N–H and O–H groups in total. The lowest BCUT2D eigenvalue weighted by atomic mass is 9.83. The van der Waals surface area contributed by atoms with E-state index in [0.717, 1.165) is 5.56 Å². The number of aromatic amines is 1. The quantitative estimate of drug-likeness (QED) is 0.487. The zero-order valence-electron chi connectivity index (χ0n) is 13.5. The monoisotopic (exact) mass is 340 g/mol. The Morgan fingerprint density at radius 3 is 2.19 bits per heavy atom. The molecule has 5 nitrogen and oxygen atoms in total. The number of aromatic nitrogens is 2. The van der Waals surface area contributed by atoms with Gasteiger partial charge in [-0.2, -0.15) is 0 Å². The van der Waals surface area contributed by atoms with Crippen LogP contribution in [0.15, 0.2) is 60.7 Å². The molecule has 0 saturated heterocycles. The van der Waals surface area contributed by atoms with E-state index < -0.39 is 0 Å². The van der Waals surface area contributed by atoms with Crippen LogP contribution in [-0.4, -0.2) is 26.6 Å². The Hall–Kier alpha value is -3.73. The summed E-state index contributed by atoms with van der Waals surface area (Å²) in [5.41, 5.74) is 3.51. The topological polar surface area (TPSA) is 83.0 Å². The molecule has 0 bridgehead atoms. The first-order chi connectivity index (χ1) is 12.6. The predicted octanol–water partition coefficient (Wildman–Crippen LogP) is 3.71. The SMILES string of the molecule is O=C1c2ccccc2C(=O)c2c1ccc1[nH]c(-c3ccc(O)cc3)nc21. The van der Waals surface area contributed by atoms with Crippen molar-refractivity contribution in [2.24, 2.45) is 0 Å².